The molecule has 4 aromatic carbocycles. The number of Topliss-reactive ketones (excluding diaryl/α,β-unsaturated/α-hetero) is 3. The molecular weight excluding hydrogens is 1290 g/mol. The Kier molecular flexibility index (Phi) is 17.9. The Morgan fingerprint density at radius 2 is 0.779 bits per heavy atom. The van der Waals surface area contributed by atoms with Crippen LogP contribution >= 0.6 is 22.6 Å². The van der Waals surface area contributed by atoms with Crippen molar-refractivity contribution in [3.63, 3.8) is 0 Å². The highest BCUT2D eigenvalue weighted by Gasteiger charge is 2.53. The number of aryl methyl sites for hydroxylation is 4. The quantitative estimate of drug-likeness (QED) is 0.159. The summed E-state index contributed by atoms with van der Waals surface area (Å²) in [6.07, 6.45) is 18.1. The van der Waals surface area contributed by atoms with Crippen LogP contribution < -0.4 is 0 Å². The Hall–Kier alpha value is -7.65. The van der Waals surface area contributed by atoms with E-state index in [-0.39, 0.29) is 51.1 Å². The van der Waals surface area contributed by atoms with E-state index in [1.807, 2.05) is 60.3 Å². The van der Waals surface area contributed by atoms with Crippen LogP contribution in [0.2, 0.25) is 0 Å². The Balaban J connectivity index is 0.000000121. The molecule has 8 aliphatic carbocycles. The molecule has 4 heterocycles. The van der Waals surface area contributed by atoms with Crippen molar-refractivity contribution in [3.8, 4) is 45.0 Å². The van der Waals surface area contributed by atoms with Crippen LogP contribution in [-0.4, -0.2) is 62.3 Å². The highest BCUT2D eigenvalue weighted by atomic mass is 127. The first-order chi connectivity index (χ1) is 45.9. The van der Waals surface area contributed by atoms with Crippen LogP contribution in [0.5, 0.6) is 0 Å². The Labute approximate surface area is 577 Å². The molecule has 16 rings (SSSR count). The molecule has 8 aliphatic rings. The fraction of sp³-hybridized carbons (Fsp3) is 0.439. The number of aromatic nitrogens is 8. The molecule has 95 heavy (non-hydrogen) atoms. The molecule has 0 saturated heterocycles. The number of rotatable bonds is 4. The molecule has 4 aromatic heterocycles. The van der Waals surface area contributed by atoms with Crippen LogP contribution in [0.25, 0.3) is 45.0 Å². The van der Waals surface area contributed by atoms with Crippen molar-refractivity contribution in [1.82, 2.24) is 39.1 Å². The fourth-order valence-corrected chi connectivity index (χ4v) is 20.3. The number of fused-ring (bicyclic) bond motifs is 12. The molecule has 0 N–H and O–H groups in total. The predicted molar refractivity (Wildman–Crippen MR) is 389 cm³/mol. The average Bonchev–Trinajstić information content (AvgIpc) is 1.55. The van der Waals surface area contributed by atoms with Gasteiger partial charge < -0.3 is 0 Å². The molecule has 0 aliphatic heterocycles. The second-order valence-electron chi connectivity index (χ2n) is 29.4. The summed E-state index contributed by atoms with van der Waals surface area (Å²) in [6, 6.07) is 42.0. The van der Waals surface area contributed by atoms with Crippen LogP contribution in [0, 0.1) is 47.3 Å². The minimum Gasteiger partial charge on any atom is -0.299 e. The van der Waals surface area contributed by atoms with E-state index in [0.29, 0.717) is 47.4 Å². The van der Waals surface area contributed by atoms with E-state index in [1.54, 1.807) is 6.08 Å². The van der Waals surface area contributed by atoms with Gasteiger partial charge in [-0.25, -0.2) is 0 Å². The first-order valence-electron chi connectivity index (χ1n) is 35.3. The van der Waals surface area contributed by atoms with E-state index in [4.69, 9.17) is 21.8 Å². The molecule has 12 atom stereocenters. The van der Waals surface area contributed by atoms with Crippen LogP contribution in [0.15, 0.2) is 155 Å². The third-order valence-corrected chi connectivity index (χ3v) is 24.9. The van der Waals surface area contributed by atoms with Gasteiger partial charge in [0.2, 0.25) is 0 Å². The normalized spacial score (nSPS) is 29.1. The molecule has 0 spiro atoms. The molecule has 13 heteroatoms. The van der Waals surface area contributed by atoms with Gasteiger partial charge in [0, 0.05) is 126 Å². The van der Waals surface area contributed by atoms with Crippen LogP contribution in [0.4, 0.5) is 0 Å². The highest BCUT2D eigenvalue weighted by molar-refractivity contribution is 14.1. The molecule has 1 fully saturated rings. The van der Waals surface area contributed by atoms with Gasteiger partial charge in [-0.3, -0.25) is 37.9 Å². The predicted octanol–water partition coefficient (Wildman–Crippen LogP) is 16.7. The van der Waals surface area contributed by atoms with Gasteiger partial charge in [0.15, 0.2) is 17.3 Å². The summed E-state index contributed by atoms with van der Waals surface area (Å²) in [6.45, 7) is 19.4. The van der Waals surface area contributed by atoms with E-state index in [1.165, 1.54) is 86.1 Å². The number of ketones is 4. The molecular formula is C82H95IN8O4. The van der Waals surface area contributed by atoms with E-state index in [0.717, 1.165) is 78.3 Å². The van der Waals surface area contributed by atoms with E-state index in [2.05, 4.69) is 211 Å². The second kappa shape index (κ2) is 25.7. The molecule has 1 saturated carbocycles. The first kappa shape index (κ1) is 66.0. The standard InChI is InChI=1S/C21H24N2O.C20H21IN2O.C20H24N2O.C20H22N2O.CH4/c1-13-12-21(3)17(14(2)19(13)24)11-10-16-18(23(4)22-20(16)21)15-8-6-5-7-9-15;1-12-15-10-9-14-17(13-7-5-4-6-8-13)23(3)22-19(14)20(15,2)11-16(21)18(12)24;2*1-13-16-10-9-15-18(14-7-5-4-6-8-14)22(3)21-19(15)20(16,2)12-11-17(13)23;/h5-9,12,14,17H,10-11H2,1-4H3;4-8,11-12,15H,9-10H2,1-3H3;4-8,13,16H,9-12H2,1-3H3;4-8,11-13,16H,9-10H2,1-3H3;1H4/t14-,17-,21-;12-,15-,20-;2*13-,16-,20-;/m0000./s1/i;;;;1T. The topological polar surface area (TPSA) is 140 Å². The highest BCUT2D eigenvalue weighted by Crippen LogP contribution is 2.56. The van der Waals surface area contributed by atoms with Crippen molar-refractivity contribution >= 4 is 45.7 Å². The molecule has 12 nitrogen and oxygen atoms in total. The molecule has 8 aromatic rings. The summed E-state index contributed by atoms with van der Waals surface area (Å²) in [5, 5.41) is 19.7. The Bertz CT molecular complexity index is 4240. The SMILES string of the molecule is CC1=C[C@]2(C)c3nn(C)c(-c4ccccc4)c3CC[C@H]2[C@H](C)C1=O.C[C@@H]1C(=O)C(I)=C[C@]2(C)c3nn(C)c(-c4ccccc4)c3CC[C@@H]12.C[C@@H]1C(=O)C=C[C@]2(C)c3nn(C)c(-c4ccccc4)c3CC[C@@H]12.C[C@@H]1C(=O)CC[C@]2(C)c3nn(C)c(-c4ccccc4)c3CC[C@@H]12.[3H]C. The fourth-order valence-electron chi connectivity index (χ4n) is 19.1. The van der Waals surface area contributed by atoms with Gasteiger partial charge in [0.05, 0.1) is 49.1 Å². The maximum atomic E-state index is 12.4. The number of nitrogens with zero attached hydrogens (tertiary/aromatic N) is 8. The zero-order chi connectivity index (χ0) is 68.5. The van der Waals surface area contributed by atoms with Gasteiger partial charge in [0.25, 0.3) is 0 Å². The summed E-state index contributed by atoms with van der Waals surface area (Å²) < 4.78 is 14.7. The van der Waals surface area contributed by atoms with Gasteiger partial charge in [-0.15, -0.1) is 0 Å². The molecule has 0 radical (unpaired) electrons. The summed E-state index contributed by atoms with van der Waals surface area (Å²) >= 11 is 2.20. The smallest absolute Gasteiger partial charge is 0.171 e. The lowest BCUT2D eigenvalue weighted by molar-refractivity contribution is -0.129. The minimum atomic E-state index is -0.151. The summed E-state index contributed by atoms with van der Waals surface area (Å²) in [5.74, 6) is 3.18. The van der Waals surface area contributed by atoms with Crippen molar-refractivity contribution in [2.24, 2.45) is 75.5 Å². The molecule has 494 valence electrons. The average molecular weight is 1390 g/mol. The second-order valence-corrected chi connectivity index (χ2v) is 30.6. The van der Waals surface area contributed by atoms with Crippen molar-refractivity contribution in [1.29, 1.82) is 0 Å². The van der Waals surface area contributed by atoms with Crippen molar-refractivity contribution < 1.29 is 20.5 Å². The molecule has 0 unspecified atom stereocenters. The van der Waals surface area contributed by atoms with Crippen molar-refractivity contribution in [2.45, 2.75) is 156 Å². The third-order valence-electron chi connectivity index (χ3n) is 24.0. The van der Waals surface area contributed by atoms with Crippen molar-refractivity contribution in [3.05, 3.63) is 200 Å². The number of carbonyl (C=O) groups excluding carboxylic acids is 4. The summed E-state index contributed by atoms with van der Waals surface area (Å²) in [7, 11) is 9.40. The third kappa shape index (κ3) is 11.2. The van der Waals surface area contributed by atoms with E-state index >= 15 is 0 Å². The van der Waals surface area contributed by atoms with E-state index in [9.17, 15) is 19.2 Å². The number of benzene rings is 4. The number of hydrogen-bond acceptors (Lipinski definition) is 8. The van der Waals surface area contributed by atoms with Gasteiger partial charge >= 0.3 is 0 Å². The molecule has 0 bridgehead atoms. The van der Waals surface area contributed by atoms with Gasteiger partial charge in [-0.1, -0.05) is 202 Å². The summed E-state index contributed by atoms with van der Waals surface area (Å²) in [5.41, 5.74) is 20.5. The van der Waals surface area contributed by atoms with Crippen molar-refractivity contribution in [2.75, 3.05) is 0 Å². The maximum absolute atomic E-state index is 12.4. The van der Waals surface area contributed by atoms with Gasteiger partial charge in [0.1, 0.15) is 5.78 Å². The maximum Gasteiger partial charge on any atom is 0.171 e. The van der Waals surface area contributed by atoms with Crippen LogP contribution in [0.1, 0.15) is 155 Å². The van der Waals surface area contributed by atoms with Crippen LogP contribution in [-0.2, 0) is 94.7 Å². The molecule has 0 amide bonds. The Morgan fingerprint density at radius 3 is 1.19 bits per heavy atom. The summed E-state index contributed by atoms with van der Waals surface area (Å²) in [4.78, 5) is 49.1. The number of carbonyl (C=O) groups is 4. The van der Waals surface area contributed by atoms with Gasteiger partial charge in [-0.2, -0.15) is 20.4 Å². The number of hydrogen-bond donors (Lipinski definition) is 0. The largest absolute Gasteiger partial charge is 0.299 e. The number of allylic oxidation sites excluding steroid dienone is 6. The lowest BCUT2D eigenvalue weighted by Crippen LogP contribution is -2.46. The van der Waals surface area contributed by atoms with Crippen LogP contribution in [0.3, 0.4) is 0 Å². The van der Waals surface area contributed by atoms with E-state index < -0.39 is 0 Å². The first-order valence-corrected chi connectivity index (χ1v) is 35.4. The lowest BCUT2D eigenvalue weighted by Gasteiger charge is -2.46. The number of halogens is 1. The Morgan fingerprint density at radius 1 is 0.442 bits per heavy atom. The van der Waals surface area contributed by atoms with Gasteiger partial charge in [-0.05, 0) is 123 Å². The minimum absolute atomic E-state index is 0.0473. The zero-order valence-electron chi connectivity index (χ0n) is 59.1. The zero-order valence-corrected chi connectivity index (χ0v) is 60.3. The monoisotopic (exact) mass is 1380 g/mol. The lowest BCUT2D eigenvalue weighted by atomic mass is 9.56.